The van der Waals surface area contributed by atoms with Gasteiger partial charge < -0.3 is 10.2 Å². The van der Waals surface area contributed by atoms with Crippen LogP contribution in [0.25, 0.3) is 0 Å². The van der Waals surface area contributed by atoms with Crippen molar-refractivity contribution in [2.45, 2.75) is 18.9 Å². The van der Waals surface area contributed by atoms with E-state index in [-0.39, 0.29) is 35.8 Å². The molecule has 1 N–H and O–H groups in total. The van der Waals surface area contributed by atoms with Crippen LogP contribution in [0.1, 0.15) is 12.0 Å². The molecule has 2 heterocycles. The van der Waals surface area contributed by atoms with Crippen molar-refractivity contribution in [1.29, 1.82) is 0 Å². The van der Waals surface area contributed by atoms with Gasteiger partial charge in [0.2, 0.25) is 11.8 Å². The lowest BCUT2D eigenvalue weighted by Gasteiger charge is -2.42. The Morgan fingerprint density at radius 3 is 2.70 bits per heavy atom. The number of aryl methyl sites for hydroxylation is 1. The molecule has 0 saturated carbocycles. The molecule has 0 bridgehead atoms. The third-order valence-electron chi connectivity index (χ3n) is 4.07. The number of nitrogens with zero attached hydrogens (tertiary/aromatic N) is 2. The molecule has 0 atom stereocenters. The fourth-order valence-corrected chi connectivity index (χ4v) is 2.85. The summed E-state index contributed by atoms with van der Waals surface area (Å²) in [6, 6.07) is 3.83. The minimum absolute atomic E-state index is 0.0193. The molecule has 0 unspecified atom stereocenters. The molecule has 4 amide bonds. The highest BCUT2D eigenvalue weighted by molar-refractivity contribution is 6.30. The standard InChI is InChI=1S/C15H15ClFN3O3/c16-11-3-1-9(5-12(11)17)2-4-13(21)19-7-10(8-19)20-14(22)6-18-15(20)23/h1,3,5,10H,2,4,6-8H2,(H,18,23). The number of likely N-dealkylation sites (tertiary alicyclic amines) is 1. The molecule has 0 radical (unpaired) electrons. The van der Waals surface area contributed by atoms with Gasteiger partial charge in [0, 0.05) is 19.5 Å². The third kappa shape index (κ3) is 3.14. The second-order valence-corrected chi connectivity index (χ2v) is 6.03. The number of benzene rings is 1. The highest BCUT2D eigenvalue weighted by Gasteiger charge is 2.42. The first-order chi connectivity index (χ1) is 11.0. The van der Waals surface area contributed by atoms with Crippen LogP contribution in [-0.4, -0.2) is 53.3 Å². The van der Waals surface area contributed by atoms with Crippen LogP contribution in [0, 0.1) is 5.82 Å². The van der Waals surface area contributed by atoms with E-state index in [0.717, 1.165) is 0 Å². The fraction of sp³-hybridized carbons (Fsp3) is 0.400. The van der Waals surface area contributed by atoms with Crippen molar-refractivity contribution in [2.75, 3.05) is 19.6 Å². The van der Waals surface area contributed by atoms with E-state index in [1.54, 1.807) is 11.0 Å². The van der Waals surface area contributed by atoms with E-state index in [0.29, 0.717) is 25.1 Å². The van der Waals surface area contributed by atoms with Crippen molar-refractivity contribution < 1.29 is 18.8 Å². The lowest BCUT2D eigenvalue weighted by Crippen LogP contribution is -2.62. The first-order valence-corrected chi connectivity index (χ1v) is 7.65. The zero-order chi connectivity index (χ0) is 16.6. The average Bonchev–Trinajstić information content (AvgIpc) is 2.79. The summed E-state index contributed by atoms with van der Waals surface area (Å²) < 4.78 is 13.3. The Bertz CT molecular complexity index is 660. The van der Waals surface area contributed by atoms with Gasteiger partial charge in [-0.1, -0.05) is 17.7 Å². The Hall–Kier alpha value is -2.15. The summed E-state index contributed by atoms with van der Waals surface area (Å²) in [7, 11) is 0. The largest absolute Gasteiger partial charge is 0.338 e. The van der Waals surface area contributed by atoms with Gasteiger partial charge in [-0.3, -0.25) is 14.5 Å². The minimum Gasteiger partial charge on any atom is -0.338 e. The topological polar surface area (TPSA) is 69.7 Å². The van der Waals surface area contributed by atoms with Crippen molar-refractivity contribution in [1.82, 2.24) is 15.1 Å². The van der Waals surface area contributed by atoms with Gasteiger partial charge in [0.25, 0.3) is 0 Å². The molecule has 6 nitrogen and oxygen atoms in total. The predicted octanol–water partition coefficient (Wildman–Crippen LogP) is 1.17. The van der Waals surface area contributed by atoms with E-state index in [1.807, 2.05) is 0 Å². The minimum atomic E-state index is -0.501. The van der Waals surface area contributed by atoms with E-state index in [4.69, 9.17) is 11.6 Å². The molecule has 2 aliphatic rings. The number of hydrogen-bond acceptors (Lipinski definition) is 3. The smallest absolute Gasteiger partial charge is 0.324 e. The maximum atomic E-state index is 13.3. The molecule has 1 aromatic carbocycles. The molecular formula is C15H15ClFN3O3. The van der Waals surface area contributed by atoms with Crippen molar-refractivity contribution in [2.24, 2.45) is 0 Å². The number of imide groups is 1. The van der Waals surface area contributed by atoms with Crippen LogP contribution >= 0.6 is 11.6 Å². The monoisotopic (exact) mass is 339 g/mol. The summed E-state index contributed by atoms with van der Waals surface area (Å²) >= 11 is 5.61. The van der Waals surface area contributed by atoms with Gasteiger partial charge in [0.1, 0.15) is 5.82 Å². The Morgan fingerprint density at radius 2 is 2.09 bits per heavy atom. The van der Waals surface area contributed by atoms with Crippen LogP contribution in [0.2, 0.25) is 5.02 Å². The number of carbonyl (C=O) groups is 3. The van der Waals surface area contributed by atoms with Crippen molar-refractivity contribution >= 4 is 29.4 Å². The molecule has 23 heavy (non-hydrogen) atoms. The quantitative estimate of drug-likeness (QED) is 0.837. The summed E-state index contributed by atoms with van der Waals surface area (Å²) in [5.74, 6) is -0.841. The third-order valence-corrected chi connectivity index (χ3v) is 4.38. The molecule has 1 aromatic rings. The van der Waals surface area contributed by atoms with Gasteiger partial charge >= 0.3 is 6.03 Å². The van der Waals surface area contributed by atoms with Crippen LogP contribution in [0.4, 0.5) is 9.18 Å². The number of hydrogen-bond donors (Lipinski definition) is 1. The van der Waals surface area contributed by atoms with Gasteiger partial charge in [0.15, 0.2) is 0 Å². The maximum Gasteiger partial charge on any atom is 0.324 e. The molecule has 3 rings (SSSR count). The maximum absolute atomic E-state index is 13.3. The molecule has 0 aromatic heterocycles. The fourth-order valence-electron chi connectivity index (χ4n) is 2.73. The Balaban J connectivity index is 1.48. The zero-order valence-corrected chi connectivity index (χ0v) is 13.0. The van der Waals surface area contributed by atoms with Gasteiger partial charge in [-0.2, -0.15) is 0 Å². The number of rotatable bonds is 4. The van der Waals surface area contributed by atoms with E-state index in [1.165, 1.54) is 17.0 Å². The van der Waals surface area contributed by atoms with Crippen molar-refractivity contribution in [3.05, 3.63) is 34.6 Å². The predicted molar refractivity (Wildman–Crippen MR) is 80.3 cm³/mol. The second-order valence-electron chi connectivity index (χ2n) is 5.62. The molecule has 0 aliphatic carbocycles. The molecule has 0 spiro atoms. The van der Waals surface area contributed by atoms with Crippen molar-refractivity contribution in [3.8, 4) is 0 Å². The number of amides is 4. The number of carbonyl (C=O) groups excluding carboxylic acids is 3. The molecule has 2 saturated heterocycles. The molecular weight excluding hydrogens is 325 g/mol. The zero-order valence-electron chi connectivity index (χ0n) is 12.2. The first-order valence-electron chi connectivity index (χ1n) is 7.27. The second kappa shape index (κ2) is 6.16. The summed E-state index contributed by atoms with van der Waals surface area (Å²) in [5.41, 5.74) is 0.700. The molecule has 2 aliphatic heterocycles. The summed E-state index contributed by atoms with van der Waals surface area (Å²) in [4.78, 5) is 37.9. The Kier molecular flexibility index (Phi) is 4.21. The number of nitrogens with one attached hydrogen (secondary N) is 1. The van der Waals surface area contributed by atoms with Gasteiger partial charge in [0.05, 0.1) is 17.6 Å². The van der Waals surface area contributed by atoms with Crippen molar-refractivity contribution in [3.63, 3.8) is 0 Å². The Morgan fingerprint density at radius 1 is 1.35 bits per heavy atom. The summed E-state index contributed by atoms with van der Waals surface area (Å²) in [6.45, 7) is 0.728. The van der Waals surface area contributed by atoms with Crippen LogP contribution in [0.3, 0.4) is 0 Å². The van der Waals surface area contributed by atoms with E-state index < -0.39 is 11.8 Å². The van der Waals surface area contributed by atoms with Gasteiger partial charge in [-0.15, -0.1) is 0 Å². The van der Waals surface area contributed by atoms with E-state index in [9.17, 15) is 18.8 Å². The number of halogens is 2. The lowest BCUT2D eigenvalue weighted by atomic mass is 10.0. The highest BCUT2D eigenvalue weighted by atomic mass is 35.5. The van der Waals surface area contributed by atoms with Crippen LogP contribution < -0.4 is 5.32 Å². The van der Waals surface area contributed by atoms with Crippen LogP contribution in [0.15, 0.2) is 18.2 Å². The van der Waals surface area contributed by atoms with Crippen LogP contribution in [-0.2, 0) is 16.0 Å². The molecule has 122 valence electrons. The molecule has 2 fully saturated rings. The van der Waals surface area contributed by atoms with E-state index in [2.05, 4.69) is 5.32 Å². The van der Waals surface area contributed by atoms with Crippen LogP contribution in [0.5, 0.6) is 0 Å². The van der Waals surface area contributed by atoms with Gasteiger partial charge in [-0.05, 0) is 24.1 Å². The Labute approximate surface area is 137 Å². The SMILES string of the molecule is O=C(CCc1ccc(Cl)c(F)c1)N1CC(N2C(=O)CNC2=O)C1. The highest BCUT2D eigenvalue weighted by Crippen LogP contribution is 2.20. The number of urea groups is 1. The molecule has 8 heteroatoms. The lowest BCUT2D eigenvalue weighted by molar-refractivity contribution is -0.142. The normalized spacial score (nSPS) is 18.2. The summed E-state index contributed by atoms with van der Waals surface area (Å²) in [5, 5.41) is 2.51. The average molecular weight is 340 g/mol. The van der Waals surface area contributed by atoms with E-state index >= 15 is 0 Å². The first kappa shape index (κ1) is 15.7. The summed E-state index contributed by atoms with van der Waals surface area (Å²) in [6.07, 6.45) is 0.658. The van der Waals surface area contributed by atoms with Gasteiger partial charge in [-0.25, -0.2) is 9.18 Å².